The molecule has 7 aromatic carbocycles. The van der Waals surface area contributed by atoms with E-state index in [0.717, 1.165) is 55.7 Å². The van der Waals surface area contributed by atoms with Gasteiger partial charge >= 0.3 is 0 Å². The lowest BCUT2D eigenvalue weighted by atomic mass is 10.0. The summed E-state index contributed by atoms with van der Waals surface area (Å²) in [6.45, 7) is 0. The first kappa shape index (κ1) is 28.3. The summed E-state index contributed by atoms with van der Waals surface area (Å²) in [6, 6.07) is 59.1. The standard InChI is InChI=1S/C45H30N4O/c1-3-12-29(13-4-1)30-22-24-32(25-23-30)44-46-43(31-14-5-2-6-15-31)47-45(48-44)37-18-11-21-40-42(37)36-27-26-33(28-41(36)50-40)49-38-19-9-7-16-34(38)35-17-8-10-20-39(35)49/h1-28,45H,(H,46,47,48). The number of benzene rings is 7. The van der Waals surface area contributed by atoms with Crippen LogP contribution in [0.15, 0.2) is 184 Å². The molecular weight excluding hydrogens is 613 g/mol. The van der Waals surface area contributed by atoms with Crippen LogP contribution in [0, 0.1) is 0 Å². The third kappa shape index (κ3) is 4.63. The molecule has 0 fully saturated rings. The Balaban J connectivity index is 1.10. The molecule has 0 bridgehead atoms. The number of nitrogens with zero attached hydrogens (tertiary/aromatic N) is 3. The number of aliphatic imine (C=N–C) groups is 2. The number of para-hydroxylation sites is 2. The van der Waals surface area contributed by atoms with Gasteiger partial charge in [0.15, 0.2) is 5.84 Å². The fraction of sp³-hybridized carbons (Fsp3) is 0.0222. The quantitative estimate of drug-likeness (QED) is 0.203. The van der Waals surface area contributed by atoms with Crippen LogP contribution >= 0.6 is 0 Å². The number of hydrogen-bond donors (Lipinski definition) is 1. The van der Waals surface area contributed by atoms with Gasteiger partial charge in [-0.05, 0) is 41.5 Å². The van der Waals surface area contributed by atoms with Crippen molar-refractivity contribution in [1.29, 1.82) is 0 Å². The zero-order valence-electron chi connectivity index (χ0n) is 27.0. The normalized spacial score (nSPS) is 14.6. The van der Waals surface area contributed by atoms with E-state index in [1.54, 1.807) is 0 Å². The van der Waals surface area contributed by atoms with Gasteiger partial charge in [-0.25, -0.2) is 9.98 Å². The lowest BCUT2D eigenvalue weighted by Gasteiger charge is -2.24. The molecule has 0 aliphatic carbocycles. The Kier molecular flexibility index (Phi) is 6.49. The minimum absolute atomic E-state index is 0.381. The molecule has 0 spiro atoms. The molecule has 10 rings (SSSR count). The van der Waals surface area contributed by atoms with Crippen molar-refractivity contribution in [3.05, 3.63) is 187 Å². The molecule has 0 amide bonds. The molecule has 1 atom stereocenters. The highest BCUT2D eigenvalue weighted by Crippen LogP contribution is 2.38. The first-order valence-electron chi connectivity index (χ1n) is 16.9. The van der Waals surface area contributed by atoms with Gasteiger partial charge in [0.05, 0.1) is 11.0 Å². The molecule has 0 saturated heterocycles. The zero-order chi connectivity index (χ0) is 33.0. The van der Waals surface area contributed by atoms with Crippen molar-refractivity contribution < 1.29 is 4.42 Å². The van der Waals surface area contributed by atoms with Crippen molar-refractivity contribution in [2.24, 2.45) is 9.98 Å². The average Bonchev–Trinajstić information content (AvgIpc) is 3.74. The molecule has 1 aliphatic rings. The summed E-state index contributed by atoms with van der Waals surface area (Å²) in [4.78, 5) is 10.3. The van der Waals surface area contributed by atoms with Crippen molar-refractivity contribution in [2.75, 3.05) is 0 Å². The molecule has 1 unspecified atom stereocenters. The summed E-state index contributed by atoms with van der Waals surface area (Å²) in [5, 5.41) is 8.23. The van der Waals surface area contributed by atoms with Gasteiger partial charge in [0.25, 0.3) is 0 Å². The molecule has 0 saturated carbocycles. The molecule has 3 heterocycles. The molecule has 2 aromatic heterocycles. The lowest BCUT2D eigenvalue weighted by molar-refractivity contribution is 0.662. The minimum atomic E-state index is -0.381. The summed E-state index contributed by atoms with van der Waals surface area (Å²) < 4.78 is 8.93. The smallest absolute Gasteiger partial charge is 0.159 e. The van der Waals surface area contributed by atoms with Gasteiger partial charge in [-0.15, -0.1) is 0 Å². The first-order chi connectivity index (χ1) is 24.8. The minimum Gasteiger partial charge on any atom is -0.456 e. The highest BCUT2D eigenvalue weighted by molar-refractivity contribution is 6.14. The number of amidine groups is 2. The van der Waals surface area contributed by atoms with Gasteiger partial charge in [-0.2, -0.15) is 0 Å². The molecule has 5 heteroatoms. The summed E-state index contributed by atoms with van der Waals surface area (Å²) in [5.74, 6) is 1.47. The first-order valence-corrected chi connectivity index (χ1v) is 16.9. The van der Waals surface area contributed by atoms with E-state index in [1.807, 2.05) is 36.4 Å². The van der Waals surface area contributed by atoms with E-state index in [4.69, 9.17) is 14.4 Å². The average molecular weight is 643 g/mol. The zero-order valence-corrected chi connectivity index (χ0v) is 27.0. The maximum atomic E-state index is 6.61. The third-order valence-electron chi connectivity index (χ3n) is 9.69. The highest BCUT2D eigenvalue weighted by atomic mass is 16.3. The van der Waals surface area contributed by atoms with Crippen molar-refractivity contribution in [2.45, 2.75) is 6.17 Å². The molecule has 0 radical (unpaired) electrons. The van der Waals surface area contributed by atoms with Crippen molar-refractivity contribution in [3.8, 4) is 16.8 Å². The SMILES string of the molecule is c1ccc(C2=NC(c3ccc(-c4ccccc4)cc3)=NC(c3cccc4oc5cc(-n6c7ccccc7c7ccccc76)ccc5c34)N2)cc1. The second-order valence-electron chi connectivity index (χ2n) is 12.6. The van der Waals surface area contributed by atoms with E-state index in [0.29, 0.717) is 5.84 Å². The molecule has 1 N–H and O–H groups in total. The Labute approximate surface area is 288 Å². The number of furan rings is 1. The molecule has 5 nitrogen and oxygen atoms in total. The monoisotopic (exact) mass is 642 g/mol. The van der Waals surface area contributed by atoms with E-state index < -0.39 is 0 Å². The highest BCUT2D eigenvalue weighted by Gasteiger charge is 2.25. The number of fused-ring (bicyclic) bond motifs is 6. The molecular formula is C45H30N4O. The predicted octanol–water partition coefficient (Wildman–Crippen LogP) is 10.8. The Morgan fingerprint density at radius 1 is 0.500 bits per heavy atom. The van der Waals surface area contributed by atoms with Gasteiger partial charge in [0.2, 0.25) is 0 Å². The summed E-state index contributed by atoms with van der Waals surface area (Å²) in [7, 11) is 0. The number of hydrogen-bond acceptors (Lipinski definition) is 4. The predicted molar refractivity (Wildman–Crippen MR) is 205 cm³/mol. The molecule has 1 aliphatic heterocycles. The summed E-state index contributed by atoms with van der Waals surface area (Å²) in [5.41, 5.74) is 10.4. The topological polar surface area (TPSA) is 54.8 Å². The van der Waals surface area contributed by atoms with Crippen LogP contribution in [-0.2, 0) is 0 Å². The van der Waals surface area contributed by atoms with Crippen LogP contribution in [0.2, 0.25) is 0 Å². The number of aromatic nitrogens is 1. The van der Waals surface area contributed by atoms with Crippen LogP contribution in [0.3, 0.4) is 0 Å². The Bertz CT molecular complexity index is 2720. The molecule has 236 valence electrons. The summed E-state index contributed by atoms with van der Waals surface area (Å²) in [6.07, 6.45) is -0.381. The van der Waals surface area contributed by atoms with Gasteiger partial charge < -0.3 is 14.3 Å². The summed E-state index contributed by atoms with van der Waals surface area (Å²) >= 11 is 0. The van der Waals surface area contributed by atoms with Gasteiger partial charge in [0, 0.05) is 50.0 Å². The fourth-order valence-corrected chi connectivity index (χ4v) is 7.33. The lowest BCUT2D eigenvalue weighted by Crippen LogP contribution is -2.33. The maximum Gasteiger partial charge on any atom is 0.159 e. The van der Waals surface area contributed by atoms with E-state index in [2.05, 4.69) is 143 Å². The number of rotatable bonds is 5. The molecule has 50 heavy (non-hydrogen) atoms. The van der Waals surface area contributed by atoms with Crippen LogP contribution in [0.5, 0.6) is 0 Å². The van der Waals surface area contributed by atoms with Crippen LogP contribution < -0.4 is 5.32 Å². The van der Waals surface area contributed by atoms with E-state index >= 15 is 0 Å². The van der Waals surface area contributed by atoms with Crippen molar-refractivity contribution >= 4 is 55.4 Å². The van der Waals surface area contributed by atoms with Crippen molar-refractivity contribution in [1.82, 2.24) is 9.88 Å². The Morgan fingerprint density at radius 2 is 1.12 bits per heavy atom. The molecule has 9 aromatic rings. The van der Waals surface area contributed by atoms with Gasteiger partial charge in [-0.3, -0.25) is 0 Å². The second kappa shape index (κ2) is 11.5. The van der Waals surface area contributed by atoms with Crippen LogP contribution in [0.1, 0.15) is 22.9 Å². The second-order valence-corrected chi connectivity index (χ2v) is 12.6. The third-order valence-corrected chi connectivity index (χ3v) is 9.69. The van der Waals surface area contributed by atoms with Crippen LogP contribution in [-0.4, -0.2) is 16.2 Å². The fourth-order valence-electron chi connectivity index (χ4n) is 7.33. The Morgan fingerprint density at radius 3 is 1.84 bits per heavy atom. The van der Waals surface area contributed by atoms with E-state index in [-0.39, 0.29) is 6.17 Å². The van der Waals surface area contributed by atoms with Crippen LogP contribution in [0.4, 0.5) is 0 Å². The van der Waals surface area contributed by atoms with E-state index in [1.165, 1.54) is 27.4 Å². The maximum absolute atomic E-state index is 6.61. The van der Waals surface area contributed by atoms with Crippen molar-refractivity contribution in [3.63, 3.8) is 0 Å². The van der Waals surface area contributed by atoms with Gasteiger partial charge in [-0.1, -0.05) is 133 Å². The number of nitrogens with one attached hydrogen (secondary N) is 1. The van der Waals surface area contributed by atoms with E-state index in [9.17, 15) is 0 Å². The largest absolute Gasteiger partial charge is 0.456 e. The Hall–Kier alpha value is -6.72. The van der Waals surface area contributed by atoms with Gasteiger partial charge in [0.1, 0.15) is 23.2 Å². The van der Waals surface area contributed by atoms with Crippen LogP contribution in [0.25, 0.3) is 60.6 Å².